The Labute approximate surface area is 198 Å². The number of aliphatic hydroxyl groups excluding tert-OH is 3. The molecule has 0 heterocycles. The Kier molecular flexibility index (Phi) is 12.9. The number of alkyl halides is 3. The Morgan fingerprint density at radius 3 is 2.56 bits per heavy atom. The van der Waals surface area contributed by atoms with Gasteiger partial charge in [0.15, 0.2) is 0 Å². The van der Waals surface area contributed by atoms with E-state index in [1.807, 2.05) is 26.0 Å². The number of benzene rings is 1. The van der Waals surface area contributed by atoms with Crippen molar-refractivity contribution in [1.29, 1.82) is 0 Å². The van der Waals surface area contributed by atoms with Gasteiger partial charge in [0.1, 0.15) is 18.5 Å². The Hall–Kier alpha value is -2.36. The maximum absolute atomic E-state index is 12.8. The predicted octanol–water partition coefficient (Wildman–Crippen LogP) is 4.59. The van der Waals surface area contributed by atoms with Crippen LogP contribution in [0.25, 0.3) is 0 Å². The van der Waals surface area contributed by atoms with E-state index in [1.54, 1.807) is 6.08 Å². The third-order valence-electron chi connectivity index (χ3n) is 5.39. The zero-order chi connectivity index (χ0) is 25.7. The molecule has 0 bridgehead atoms. The van der Waals surface area contributed by atoms with Crippen LogP contribution in [0, 0.1) is 11.8 Å². The smallest absolute Gasteiger partial charge is 0.416 e. The second-order valence-corrected chi connectivity index (χ2v) is 7.89. The largest absolute Gasteiger partial charge is 0.491 e. The van der Waals surface area contributed by atoms with Crippen molar-refractivity contribution in [1.82, 2.24) is 0 Å². The van der Waals surface area contributed by atoms with E-state index < -0.39 is 41.9 Å². The van der Waals surface area contributed by atoms with Gasteiger partial charge in [-0.05, 0) is 43.4 Å². The van der Waals surface area contributed by atoms with Gasteiger partial charge in [0, 0.05) is 18.8 Å². The lowest BCUT2D eigenvalue weighted by Gasteiger charge is -2.19. The molecule has 1 aromatic rings. The van der Waals surface area contributed by atoms with E-state index >= 15 is 0 Å². The van der Waals surface area contributed by atoms with Crippen molar-refractivity contribution < 1.29 is 43.1 Å². The second kappa shape index (κ2) is 14.8. The van der Waals surface area contributed by atoms with E-state index in [0.717, 1.165) is 12.1 Å². The van der Waals surface area contributed by atoms with Crippen LogP contribution >= 0.6 is 0 Å². The van der Waals surface area contributed by atoms with Gasteiger partial charge in [0.05, 0.1) is 17.8 Å². The van der Waals surface area contributed by atoms with Crippen molar-refractivity contribution in [3.8, 4) is 5.75 Å². The highest BCUT2D eigenvalue weighted by Gasteiger charge is 2.39. The van der Waals surface area contributed by atoms with E-state index in [0.29, 0.717) is 19.3 Å². The molecule has 0 unspecified atom stereocenters. The number of aliphatic carboxylic acids is 1. The molecule has 6 nitrogen and oxygen atoms in total. The average molecular weight is 489 g/mol. The summed E-state index contributed by atoms with van der Waals surface area (Å²) in [6, 6.07) is 4.36. The molecule has 192 valence electrons. The molecule has 0 radical (unpaired) electrons. The fraction of sp³-hybridized carbons (Fsp3) is 0.560. The van der Waals surface area contributed by atoms with Crippen LogP contribution in [0.5, 0.6) is 5.75 Å². The number of carbonyl (C=O) groups is 1. The molecule has 0 aromatic heterocycles. The summed E-state index contributed by atoms with van der Waals surface area (Å²) in [6.07, 6.45) is 1.48. The molecule has 1 aliphatic carbocycles. The highest BCUT2D eigenvalue weighted by atomic mass is 19.4. The number of aliphatic hydroxyl groups is 3. The highest BCUT2D eigenvalue weighted by Crippen LogP contribution is 2.36. The predicted molar refractivity (Wildman–Crippen MR) is 122 cm³/mol. The van der Waals surface area contributed by atoms with Crippen LogP contribution < -0.4 is 4.74 Å². The van der Waals surface area contributed by atoms with E-state index in [2.05, 4.69) is 0 Å². The zero-order valence-electron chi connectivity index (χ0n) is 19.5. The number of unbranched alkanes of at least 4 members (excludes halogenated alkanes) is 1. The van der Waals surface area contributed by atoms with Crippen LogP contribution in [0.2, 0.25) is 0 Å². The molecule has 0 amide bonds. The van der Waals surface area contributed by atoms with Crippen molar-refractivity contribution >= 4 is 5.97 Å². The minimum Gasteiger partial charge on any atom is -0.491 e. The van der Waals surface area contributed by atoms with Crippen molar-refractivity contribution in [3.05, 3.63) is 54.1 Å². The maximum Gasteiger partial charge on any atom is 0.416 e. The number of halogens is 3. The molecule has 1 fully saturated rings. The first-order valence-corrected chi connectivity index (χ1v) is 11.5. The lowest BCUT2D eigenvalue weighted by molar-refractivity contribution is -0.138. The fourth-order valence-electron chi connectivity index (χ4n) is 3.70. The number of rotatable bonds is 11. The fourth-order valence-corrected chi connectivity index (χ4v) is 3.70. The van der Waals surface area contributed by atoms with Crippen LogP contribution in [0.1, 0.15) is 51.5 Å². The molecule has 1 aromatic carbocycles. The molecule has 5 atom stereocenters. The van der Waals surface area contributed by atoms with Gasteiger partial charge in [-0.2, -0.15) is 13.2 Å². The summed E-state index contributed by atoms with van der Waals surface area (Å²) in [7, 11) is 0. The van der Waals surface area contributed by atoms with E-state index in [1.165, 1.54) is 18.2 Å². The second-order valence-electron chi connectivity index (χ2n) is 7.89. The maximum atomic E-state index is 12.8. The minimum absolute atomic E-state index is 0.0190. The lowest BCUT2D eigenvalue weighted by atomic mass is 9.89. The van der Waals surface area contributed by atoms with Crippen LogP contribution in [0.4, 0.5) is 13.2 Å². The van der Waals surface area contributed by atoms with Crippen LogP contribution in [-0.2, 0) is 11.0 Å². The number of ether oxygens (including phenoxy) is 1. The molecule has 0 saturated heterocycles. The molecule has 34 heavy (non-hydrogen) atoms. The van der Waals surface area contributed by atoms with Gasteiger partial charge in [-0.3, -0.25) is 4.79 Å². The van der Waals surface area contributed by atoms with Crippen LogP contribution in [0.15, 0.2) is 48.6 Å². The molecule has 9 heteroatoms. The SMILES string of the molecule is CC.O=C(O)CCC/C=C\C[C@@H]1[C@@H](/C=C/[C@H](O)COc2cccc(C(F)(F)F)c2)[C@H](O)C[C@@H]1O. The van der Waals surface area contributed by atoms with Crippen molar-refractivity contribution in [3.63, 3.8) is 0 Å². The summed E-state index contributed by atoms with van der Waals surface area (Å²) < 4.78 is 43.5. The van der Waals surface area contributed by atoms with Gasteiger partial charge in [0.25, 0.3) is 0 Å². The number of carboxylic acids is 1. The molecular formula is C25H35F3O6. The summed E-state index contributed by atoms with van der Waals surface area (Å²) in [5.41, 5.74) is -0.845. The van der Waals surface area contributed by atoms with E-state index in [4.69, 9.17) is 9.84 Å². The molecule has 1 saturated carbocycles. The quantitative estimate of drug-likeness (QED) is 0.268. The van der Waals surface area contributed by atoms with Crippen molar-refractivity contribution in [2.75, 3.05) is 6.61 Å². The van der Waals surface area contributed by atoms with Gasteiger partial charge >= 0.3 is 12.1 Å². The number of allylic oxidation sites excluding steroid dienone is 2. The Balaban J connectivity index is 0.00000281. The third kappa shape index (κ3) is 10.3. The Morgan fingerprint density at radius 1 is 1.21 bits per heavy atom. The molecule has 1 aliphatic rings. The molecule has 0 spiro atoms. The third-order valence-corrected chi connectivity index (χ3v) is 5.39. The van der Waals surface area contributed by atoms with Crippen LogP contribution in [0.3, 0.4) is 0 Å². The lowest BCUT2D eigenvalue weighted by Crippen LogP contribution is -2.21. The summed E-state index contributed by atoms with van der Waals surface area (Å²) >= 11 is 0. The topological polar surface area (TPSA) is 107 Å². The van der Waals surface area contributed by atoms with Crippen LogP contribution in [-0.4, -0.2) is 51.3 Å². The van der Waals surface area contributed by atoms with Crippen molar-refractivity contribution in [2.24, 2.45) is 11.8 Å². The number of hydrogen-bond donors (Lipinski definition) is 4. The van der Waals surface area contributed by atoms with E-state index in [9.17, 15) is 33.3 Å². The standard InChI is InChI=1S/C23H29F3O6.C2H6/c24-23(25,26)15-6-5-7-17(12-15)32-14-16(27)10-11-19-18(20(28)13-21(19)29)8-3-1-2-4-9-22(30)31;1-2/h1,3,5-7,10-12,16,18-21,27-29H,2,4,8-9,13-14H2,(H,30,31);1-2H3/b3-1-,11-10+;/t16-,18+,19+,20-,21+;/m0./s1. The summed E-state index contributed by atoms with van der Waals surface area (Å²) in [4.78, 5) is 10.5. The van der Waals surface area contributed by atoms with Gasteiger partial charge in [-0.15, -0.1) is 0 Å². The number of carboxylic acid groups (broad SMARTS) is 1. The molecule has 4 N–H and O–H groups in total. The van der Waals surface area contributed by atoms with Gasteiger partial charge in [-0.1, -0.05) is 44.2 Å². The Bertz CT molecular complexity index is 793. The molecule has 0 aliphatic heterocycles. The average Bonchev–Trinajstić information content (AvgIpc) is 3.06. The van der Waals surface area contributed by atoms with E-state index in [-0.39, 0.29) is 31.1 Å². The highest BCUT2D eigenvalue weighted by molar-refractivity contribution is 5.66. The normalized spacial score (nSPS) is 23.6. The summed E-state index contributed by atoms with van der Waals surface area (Å²) in [5.74, 6) is -1.55. The zero-order valence-corrected chi connectivity index (χ0v) is 19.5. The summed E-state index contributed by atoms with van der Waals surface area (Å²) in [5, 5.41) is 39.2. The summed E-state index contributed by atoms with van der Waals surface area (Å²) in [6.45, 7) is 3.73. The monoisotopic (exact) mass is 488 g/mol. The minimum atomic E-state index is -4.49. The first-order chi connectivity index (χ1) is 16.1. The molecule has 2 rings (SSSR count). The molecular weight excluding hydrogens is 453 g/mol. The first-order valence-electron chi connectivity index (χ1n) is 11.5. The van der Waals surface area contributed by atoms with Gasteiger partial charge < -0.3 is 25.2 Å². The van der Waals surface area contributed by atoms with Gasteiger partial charge in [-0.25, -0.2) is 0 Å². The van der Waals surface area contributed by atoms with Crippen molar-refractivity contribution in [2.45, 2.75) is 70.4 Å². The number of hydrogen-bond acceptors (Lipinski definition) is 5. The first kappa shape index (κ1) is 29.7. The van der Waals surface area contributed by atoms with Gasteiger partial charge in [0.2, 0.25) is 0 Å². The Morgan fingerprint density at radius 2 is 1.91 bits per heavy atom.